The summed E-state index contributed by atoms with van der Waals surface area (Å²) in [7, 11) is 0. The van der Waals surface area contributed by atoms with E-state index in [9.17, 15) is 9.59 Å². The van der Waals surface area contributed by atoms with Gasteiger partial charge in [0.1, 0.15) is 11.7 Å². The molecule has 0 bridgehead atoms. The summed E-state index contributed by atoms with van der Waals surface area (Å²) in [4.78, 5) is 35.3. The number of carbonyl (C=O) groups excluding carboxylic acids is 2. The van der Waals surface area contributed by atoms with Gasteiger partial charge in [-0.15, -0.1) is 0 Å². The van der Waals surface area contributed by atoms with Gasteiger partial charge in [-0.2, -0.15) is 0 Å². The molecule has 1 atom stereocenters. The highest BCUT2D eigenvalue weighted by molar-refractivity contribution is 5.90. The van der Waals surface area contributed by atoms with E-state index in [1.54, 1.807) is 31.9 Å². The minimum Gasteiger partial charge on any atom is -0.444 e. The van der Waals surface area contributed by atoms with Crippen molar-refractivity contribution in [2.45, 2.75) is 58.4 Å². The fraction of sp³-hybridized carbons (Fsp3) is 0.312. The quantitative estimate of drug-likeness (QED) is 0.250. The van der Waals surface area contributed by atoms with Crippen LogP contribution in [0.4, 0.5) is 21.0 Å². The van der Waals surface area contributed by atoms with Crippen molar-refractivity contribution in [3.05, 3.63) is 84.1 Å². The van der Waals surface area contributed by atoms with Crippen molar-refractivity contribution in [2.24, 2.45) is 0 Å². The minimum atomic E-state index is -0.854. The standard InChI is InChI=1S/C32H32N6O4/c1-31(2,3)42-29(39)35-32(4,5)27-19-38(30(40)41-27)24-11-12-25-22(15-24)18-36-17-21(20-7-9-23(33-6)10-8-20)16-26(36)28-34-13-14-37(25)28/h7-17,27H,18-19H2,1-5H3,(H,35,39)/t27-/m0/s1. The lowest BCUT2D eigenvalue weighted by atomic mass is 9.97. The van der Waals surface area contributed by atoms with Crippen LogP contribution in [-0.4, -0.2) is 50.1 Å². The van der Waals surface area contributed by atoms with Gasteiger partial charge in [0.05, 0.1) is 30.0 Å². The number of aromatic nitrogens is 3. The van der Waals surface area contributed by atoms with Crippen LogP contribution >= 0.6 is 0 Å². The molecular formula is C32H32N6O4. The largest absolute Gasteiger partial charge is 0.444 e. The maximum absolute atomic E-state index is 13.1. The molecular weight excluding hydrogens is 532 g/mol. The lowest BCUT2D eigenvalue weighted by molar-refractivity contribution is 0.0333. The van der Waals surface area contributed by atoms with E-state index in [4.69, 9.17) is 16.0 Å². The number of rotatable bonds is 4. The second kappa shape index (κ2) is 9.80. The molecule has 0 saturated carbocycles. The van der Waals surface area contributed by atoms with Crippen LogP contribution in [0.1, 0.15) is 40.2 Å². The molecule has 0 unspecified atom stereocenters. The zero-order valence-electron chi connectivity index (χ0n) is 24.2. The van der Waals surface area contributed by atoms with Gasteiger partial charge in [-0.25, -0.2) is 19.4 Å². The second-order valence-electron chi connectivity index (χ2n) is 12.2. The number of cyclic esters (lactones) is 1. The molecule has 1 fully saturated rings. The van der Waals surface area contributed by atoms with Crippen molar-refractivity contribution in [1.29, 1.82) is 0 Å². The third-order valence-electron chi connectivity index (χ3n) is 7.51. The van der Waals surface area contributed by atoms with Crippen LogP contribution in [0, 0.1) is 6.57 Å². The number of hydrogen-bond donors (Lipinski definition) is 1. The number of nitrogens with zero attached hydrogens (tertiary/aromatic N) is 5. The average molecular weight is 565 g/mol. The van der Waals surface area contributed by atoms with Gasteiger partial charge < -0.3 is 19.4 Å². The number of fused-ring (bicyclic) bond motifs is 5. The Bertz CT molecular complexity index is 1740. The van der Waals surface area contributed by atoms with Crippen molar-refractivity contribution >= 4 is 23.6 Å². The Kier molecular flexibility index (Phi) is 6.34. The summed E-state index contributed by atoms with van der Waals surface area (Å²) in [5.74, 6) is 0.821. The molecule has 2 aromatic carbocycles. The Morgan fingerprint density at radius 1 is 1.10 bits per heavy atom. The highest BCUT2D eigenvalue weighted by Crippen LogP contribution is 2.36. The predicted molar refractivity (Wildman–Crippen MR) is 159 cm³/mol. The molecule has 1 saturated heterocycles. The maximum Gasteiger partial charge on any atom is 0.414 e. The molecule has 42 heavy (non-hydrogen) atoms. The molecule has 4 aromatic rings. The van der Waals surface area contributed by atoms with Gasteiger partial charge in [-0.3, -0.25) is 9.47 Å². The maximum atomic E-state index is 13.1. The van der Waals surface area contributed by atoms with Crippen molar-refractivity contribution in [1.82, 2.24) is 19.4 Å². The number of carbonyl (C=O) groups is 2. The smallest absolute Gasteiger partial charge is 0.414 e. The van der Waals surface area contributed by atoms with Gasteiger partial charge in [0, 0.05) is 36.4 Å². The van der Waals surface area contributed by atoms with E-state index in [2.05, 4.69) is 36.5 Å². The molecule has 2 amide bonds. The summed E-state index contributed by atoms with van der Waals surface area (Å²) in [6.45, 7) is 17.1. The lowest BCUT2D eigenvalue weighted by Crippen LogP contribution is -2.54. The Morgan fingerprint density at radius 2 is 1.86 bits per heavy atom. The zero-order chi connectivity index (χ0) is 29.8. The van der Waals surface area contributed by atoms with Gasteiger partial charge in [0.25, 0.3) is 0 Å². The molecule has 2 aliphatic heterocycles. The molecule has 1 N–H and O–H groups in total. The molecule has 2 aromatic heterocycles. The number of hydrogen-bond acceptors (Lipinski definition) is 5. The Hall–Kier alpha value is -5.04. The number of amides is 2. The summed E-state index contributed by atoms with van der Waals surface area (Å²) in [5.41, 5.74) is 4.83. The van der Waals surface area contributed by atoms with E-state index < -0.39 is 29.4 Å². The van der Waals surface area contributed by atoms with Crippen LogP contribution in [-0.2, 0) is 16.0 Å². The molecule has 0 radical (unpaired) electrons. The van der Waals surface area contributed by atoms with Crippen molar-refractivity contribution in [3.8, 4) is 28.3 Å². The van der Waals surface area contributed by atoms with Crippen molar-refractivity contribution < 1.29 is 19.1 Å². The molecule has 4 heterocycles. The number of alkyl carbamates (subject to hydrolysis) is 1. The van der Waals surface area contributed by atoms with E-state index in [-0.39, 0.29) is 6.54 Å². The topological polar surface area (TPSA) is 95.0 Å². The molecule has 2 aliphatic rings. The normalized spacial score (nSPS) is 16.0. The fourth-order valence-electron chi connectivity index (χ4n) is 5.38. The fourth-order valence-corrected chi connectivity index (χ4v) is 5.38. The Morgan fingerprint density at radius 3 is 2.57 bits per heavy atom. The molecule has 0 spiro atoms. The Balaban J connectivity index is 1.28. The highest BCUT2D eigenvalue weighted by Gasteiger charge is 2.43. The van der Waals surface area contributed by atoms with E-state index in [0.29, 0.717) is 17.9 Å². The predicted octanol–water partition coefficient (Wildman–Crippen LogP) is 6.55. The first-order valence-corrected chi connectivity index (χ1v) is 13.8. The third-order valence-corrected chi connectivity index (χ3v) is 7.51. The summed E-state index contributed by atoms with van der Waals surface area (Å²) in [6, 6.07) is 15.6. The van der Waals surface area contributed by atoms with Crippen LogP contribution in [0.15, 0.2) is 67.1 Å². The minimum absolute atomic E-state index is 0.274. The SMILES string of the molecule is [C-]#[N+]c1ccc(-c2cc3n(c2)Cc2cc(N4C[C@@H](C(C)(C)NC(=O)OC(C)(C)C)OC4=O)ccc2-n2ccnc2-3)cc1. The van der Waals surface area contributed by atoms with E-state index in [1.165, 1.54) is 0 Å². The van der Waals surface area contributed by atoms with E-state index in [0.717, 1.165) is 33.9 Å². The van der Waals surface area contributed by atoms with Gasteiger partial charge >= 0.3 is 12.2 Å². The van der Waals surface area contributed by atoms with Crippen molar-refractivity contribution in [3.63, 3.8) is 0 Å². The highest BCUT2D eigenvalue weighted by atomic mass is 16.6. The summed E-state index contributed by atoms with van der Waals surface area (Å²) in [6.07, 6.45) is 4.20. The Labute approximate surface area is 244 Å². The average Bonchev–Trinajstić information content (AvgIpc) is 3.64. The van der Waals surface area contributed by atoms with Crippen LogP contribution < -0.4 is 10.2 Å². The summed E-state index contributed by atoms with van der Waals surface area (Å²) >= 11 is 0. The second-order valence-corrected chi connectivity index (χ2v) is 12.2. The zero-order valence-corrected chi connectivity index (χ0v) is 24.2. The number of benzene rings is 2. The lowest BCUT2D eigenvalue weighted by Gasteiger charge is -2.32. The molecule has 10 nitrogen and oxygen atoms in total. The van der Waals surface area contributed by atoms with Crippen LogP contribution in [0.5, 0.6) is 0 Å². The molecule has 0 aliphatic carbocycles. The van der Waals surface area contributed by atoms with E-state index >= 15 is 0 Å². The number of nitrogens with one attached hydrogen (secondary N) is 1. The molecule has 6 rings (SSSR count). The van der Waals surface area contributed by atoms with Gasteiger partial charge in [0.15, 0.2) is 11.5 Å². The van der Waals surface area contributed by atoms with Gasteiger partial charge in [-0.1, -0.05) is 24.3 Å². The first-order chi connectivity index (χ1) is 19.9. The first-order valence-electron chi connectivity index (χ1n) is 13.8. The number of ether oxygens (including phenoxy) is 2. The monoisotopic (exact) mass is 564 g/mol. The number of imidazole rings is 1. The van der Waals surface area contributed by atoms with E-state index in [1.807, 2.05) is 62.5 Å². The van der Waals surface area contributed by atoms with Crippen LogP contribution in [0.25, 0.3) is 33.2 Å². The number of anilines is 1. The molecule has 10 heteroatoms. The summed E-state index contributed by atoms with van der Waals surface area (Å²) < 4.78 is 15.4. The first kappa shape index (κ1) is 27.1. The van der Waals surface area contributed by atoms with Crippen molar-refractivity contribution in [2.75, 3.05) is 11.4 Å². The van der Waals surface area contributed by atoms with Crippen LogP contribution in [0.3, 0.4) is 0 Å². The van der Waals surface area contributed by atoms with Gasteiger partial charge in [-0.05, 0) is 70.0 Å². The van der Waals surface area contributed by atoms with Crippen LogP contribution in [0.2, 0.25) is 0 Å². The summed E-state index contributed by atoms with van der Waals surface area (Å²) in [5, 5.41) is 2.85. The molecule has 214 valence electrons. The van der Waals surface area contributed by atoms with Gasteiger partial charge in [0.2, 0.25) is 0 Å². The third kappa shape index (κ3) is 4.98.